The smallest absolute Gasteiger partial charge is 0.0304 e. The summed E-state index contributed by atoms with van der Waals surface area (Å²) in [6.45, 7) is 15.3. The maximum absolute atomic E-state index is 3.83. The Hall–Kier alpha value is -0.0800. The van der Waals surface area contributed by atoms with Gasteiger partial charge in [-0.3, -0.25) is 4.90 Å². The molecule has 1 N–H and O–H groups in total. The lowest BCUT2D eigenvalue weighted by Gasteiger charge is -2.48. The van der Waals surface area contributed by atoms with E-state index in [-0.39, 0.29) is 0 Å². The minimum Gasteiger partial charge on any atom is -0.308 e. The summed E-state index contributed by atoms with van der Waals surface area (Å²) in [5.74, 6) is 0.803. The van der Waals surface area contributed by atoms with Crippen LogP contribution in [-0.4, -0.2) is 36.1 Å². The van der Waals surface area contributed by atoms with Gasteiger partial charge in [0.2, 0.25) is 0 Å². The van der Waals surface area contributed by atoms with Gasteiger partial charge in [0.25, 0.3) is 0 Å². The molecule has 0 radical (unpaired) electrons. The largest absolute Gasteiger partial charge is 0.308 e. The molecule has 0 saturated carbocycles. The van der Waals surface area contributed by atoms with Crippen LogP contribution in [0.4, 0.5) is 0 Å². The topological polar surface area (TPSA) is 15.3 Å². The second-order valence-corrected chi connectivity index (χ2v) is 6.12. The lowest BCUT2D eigenvalue weighted by molar-refractivity contribution is 0.0624. The molecule has 2 nitrogen and oxygen atoms in total. The minimum atomic E-state index is 0.378. The van der Waals surface area contributed by atoms with E-state index in [1.807, 2.05) is 0 Å². The molecule has 1 aliphatic heterocycles. The fourth-order valence-corrected chi connectivity index (χ4v) is 3.09. The molecule has 1 saturated heterocycles. The van der Waals surface area contributed by atoms with Gasteiger partial charge in [0.05, 0.1) is 0 Å². The van der Waals surface area contributed by atoms with Gasteiger partial charge in [0.1, 0.15) is 0 Å². The van der Waals surface area contributed by atoms with Crippen molar-refractivity contribution in [1.82, 2.24) is 10.2 Å². The highest BCUT2D eigenvalue weighted by Gasteiger charge is 2.36. The van der Waals surface area contributed by atoms with E-state index in [1.165, 1.54) is 45.3 Å². The van der Waals surface area contributed by atoms with Crippen LogP contribution in [0.3, 0.4) is 0 Å². The number of nitrogens with one attached hydrogen (secondary N) is 1. The average Bonchev–Trinajstić information content (AvgIpc) is 2.31. The Morgan fingerprint density at radius 3 is 2.35 bits per heavy atom. The zero-order valence-corrected chi connectivity index (χ0v) is 12.6. The molecule has 0 amide bonds. The van der Waals surface area contributed by atoms with Crippen LogP contribution in [-0.2, 0) is 0 Å². The van der Waals surface area contributed by atoms with E-state index >= 15 is 0 Å². The Labute approximate surface area is 108 Å². The van der Waals surface area contributed by atoms with Crippen LogP contribution in [0.5, 0.6) is 0 Å². The normalized spacial score (nSPS) is 25.4. The molecule has 1 aliphatic rings. The van der Waals surface area contributed by atoms with Crippen molar-refractivity contribution in [2.24, 2.45) is 5.92 Å². The number of rotatable bonds is 6. The molecule has 0 aromatic rings. The molecule has 1 atom stereocenters. The lowest BCUT2D eigenvalue weighted by atomic mass is 9.87. The van der Waals surface area contributed by atoms with Crippen molar-refractivity contribution < 1.29 is 0 Å². The molecule has 1 fully saturated rings. The molecule has 0 aromatic carbocycles. The third kappa shape index (κ3) is 3.96. The van der Waals surface area contributed by atoms with E-state index < -0.39 is 0 Å². The fraction of sp³-hybridized carbons (Fsp3) is 1.00. The molecule has 17 heavy (non-hydrogen) atoms. The van der Waals surface area contributed by atoms with Crippen molar-refractivity contribution in [2.75, 3.05) is 19.6 Å². The van der Waals surface area contributed by atoms with Gasteiger partial charge >= 0.3 is 0 Å². The molecule has 0 aromatic heterocycles. The van der Waals surface area contributed by atoms with Gasteiger partial charge in [-0.1, -0.05) is 34.6 Å². The molecule has 1 heterocycles. The monoisotopic (exact) mass is 240 g/mol. The fourth-order valence-electron chi connectivity index (χ4n) is 3.09. The first-order chi connectivity index (χ1) is 8.06. The van der Waals surface area contributed by atoms with E-state index in [1.54, 1.807) is 0 Å². The first-order valence-electron chi connectivity index (χ1n) is 7.56. The number of hydrogen-bond acceptors (Lipinski definition) is 2. The molecule has 2 heteroatoms. The molecule has 1 rings (SSSR count). The molecule has 0 bridgehead atoms. The summed E-state index contributed by atoms with van der Waals surface area (Å²) < 4.78 is 0. The second-order valence-electron chi connectivity index (χ2n) is 6.12. The Bertz CT molecular complexity index is 209. The second kappa shape index (κ2) is 6.75. The maximum Gasteiger partial charge on any atom is 0.0304 e. The zero-order chi connectivity index (χ0) is 12.9. The minimum absolute atomic E-state index is 0.378. The maximum atomic E-state index is 3.83. The molecule has 0 aliphatic carbocycles. The van der Waals surface area contributed by atoms with Crippen LogP contribution >= 0.6 is 0 Å². The van der Waals surface area contributed by atoms with Gasteiger partial charge in [-0.15, -0.1) is 0 Å². The van der Waals surface area contributed by atoms with Gasteiger partial charge in [-0.25, -0.2) is 0 Å². The van der Waals surface area contributed by atoms with Crippen LogP contribution < -0.4 is 5.32 Å². The average molecular weight is 240 g/mol. The highest BCUT2D eigenvalue weighted by Crippen LogP contribution is 2.25. The van der Waals surface area contributed by atoms with Crippen molar-refractivity contribution >= 4 is 0 Å². The van der Waals surface area contributed by atoms with E-state index in [2.05, 4.69) is 44.8 Å². The number of nitrogens with zero attached hydrogens (tertiary/aromatic N) is 1. The Morgan fingerprint density at radius 2 is 1.88 bits per heavy atom. The first-order valence-corrected chi connectivity index (χ1v) is 7.56. The quantitative estimate of drug-likeness (QED) is 0.766. The summed E-state index contributed by atoms with van der Waals surface area (Å²) in [5, 5.41) is 3.83. The Kier molecular flexibility index (Phi) is 5.94. The first kappa shape index (κ1) is 15.0. The zero-order valence-electron chi connectivity index (χ0n) is 12.6. The van der Waals surface area contributed by atoms with Crippen molar-refractivity contribution in [3.05, 3.63) is 0 Å². The van der Waals surface area contributed by atoms with Crippen LogP contribution in [0.15, 0.2) is 0 Å². The molecular formula is C15H32N2. The molecule has 102 valence electrons. The van der Waals surface area contributed by atoms with Gasteiger partial charge in [-0.05, 0) is 38.1 Å². The lowest BCUT2D eigenvalue weighted by Crippen LogP contribution is -2.64. The van der Waals surface area contributed by atoms with E-state index in [4.69, 9.17) is 0 Å². The van der Waals surface area contributed by atoms with E-state index in [0.29, 0.717) is 5.54 Å². The standard InChI is InChI=1S/C15H32N2/c1-6-9-17-12-15(7-2,8-3)16-11-14(17)10-13(4)5/h13-14,16H,6-12H2,1-5H3. The summed E-state index contributed by atoms with van der Waals surface area (Å²) in [7, 11) is 0. The number of hydrogen-bond donors (Lipinski definition) is 1. The number of piperazine rings is 1. The molecule has 1 unspecified atom stereocenters. The van der Waals surface area contributed by atoms with Crippen LogP contribution in [0.1, 0.15) is 60.3 Å². The summed E-state index contributed by atoms with van der Waals surface area (Å²) in [5.41, 5.74) is 0.378. The van der Waals surface area contributed by atoms with E-state index in [9.17, 15) is 0 Å². The van der Waals surface area contributed by atoms with Crippen molar-refractivity contribution in [2.45, 2.75) is 71.9 Å². The van der Waals surface area contributed by atoms with Gasteiger partial charge < -0.3 is 5.32 Å². The van der Waals surface area contributed by atoms with Crippen LogP contribution in [0.2, 0.25) is 0 Å². The SMILES string of the molecule is CCCN1CC(CC)(CC)NCC1CC(C)C. The summed E-state index contributed by atoms with van der Waals surface area (Å²) >= 11 is 0. The predicted octanol–water partition coefficient (Wildman–Crippen LogP) is 3.28. The van der Waals surface area contributed by atoms with Gasteiger partial charge in [0.15, 0.2) is 0 Å². The van der Waals surface area contributed by atoms with Crippen molar-refractivity contribution in [1.29, 1.82) is 0 Å². The molecule has 0 spiro atoms. The third-order valence-electron chi connectivity index (χ3n) is 4.34. The summed E-state index contributed by atoms with van der Waals surface area (Å²) in [6.07, 6.45) is 5.10. The van der Waals surface area contributed by atoms with Crippen molar-refractivity contribution in [3.63, 3.8) is 0 Å². The van der Waals surface area contributed by atoms with Crippen molar-refractivity contribution in [3.8, 4) is 0 Å². The van der Waals surface area contributed by atoms with Gasteiger partial charge in [-0.2, -0.15) is 0 Å². The molecular weight excluding hydrogens is 208 g/mol. The predicted molar refractivity (Wildman–Crippen MR) is 76.4 cm³/mol. The third-order valence-corrected chi connectivity index (χ3v) is 4.34. The van der Waals surface area contributed by atoms with Crippen LogP contribution in [0, 0.1) is 5.92 Å². The Balaban J connectivity index is 2.66. The van der Waals surface area contributed by atoms with Gasteiger partial charge in [0, 0.05) is 24.7 Å². The summed E-state index contributed by atoms with van der Waals surface area (Å²) in [6, 6.07) is 0.751. The Morgan fingerprint density at radius 1 is 1.24 bits per heavy atom. The summed E-state index contributed by atoms with van der Waals surface area (Å²) in [4.78, 5) is 2.74. The van der Waals surface area contributed by atoms with E-state index in [0.717, 1.165) is 12.0 Å². The van der Waals surface area contributed by atoms with Crippen LogP contribution in [0.25, 0.3) is 0 Å². The highest BCUT2D eigenvalue weighted by molar-refractivity contribution is 4.96. The highest BCUT2D eigenvalue weighted by atomic mass is 15.2.